The van der Waals surface area contributed by atoms with Crippen molar-refractivity contribution < 1.29 is 9.53 Å². The first kappa shape index (κ1) is 21.5. The molecule has 0 radical (unpaired) electrons. The maximum absolute atomic E-state index is 12.8. The molecule has 0 saturated carbocycles. The van der Waals surface area contributed by atoms with Crippen LogP contribution in [0.4, 0.5) is 0 Å². The van der Waals surface area contributed by atoms with Crippen LogP contribution in [-0.4, -0.2) is 23.8 Å². The van der Waals surface area contributed by atoms with Crippen LogP contribution in [0, 0.1) is 0 Å². The number of methoxy groups -OCH3 is 1. The van der Waals surface area contributed by atoms with Gasteiger partial charge in [-0.2, -0.15) is 0 Å². The molecular weight excluding hydrogens is 428 g/mol. The van der Waals surface area contributed by atoms with E-state index in [2.05, 4.69) is 47.8 Å². The zero-order valence-electron chi connectivity index (χ0n) is 18.6. The smallest absolute Gasteiger partial charge is 0.230 e. The van der Waals surface area contributed by atoms with E-state index < -0.39 is 0 Å². The Hall–Kier alpha value is -3.31. The molecule has 0 saturated heterocycles. The first-order chi connectivity index (χ1) is 16.2. The number of nitrogens with zero attached hydrogens (tertiary/aromatic N) is 1. The van der Waals surface area contributed by atoms with Crippen LogP contribution in [-0.2, 0) is 11.2 Å². The number of thioether (sulfide) groups is 1. The third-order valence-corrected chi connectivity index (χ3v) is 7.05. The van der Waals surface area contributed by atoms with E-state index in [9.17, 15) is 4.79 Å². The maximum atomic E-state index is 12.8. The lowest BCUT2D eigenvalue weighted by Crippen LogP contribution is -2.32. The van der Waals surface area contributed by atoms with Crippen LogP contribution in [0.2, 0.25) is 0 Å². The number of hydrogen-bond donors (Lipinski definition) is 1. The number of amides is 1. The van der Waals surface area contributed by atoms with Gasteiger partial charge in [-0.15, -0.1) is 0 Å². The molecule has 5 rings (SSSR count). The number of aryl methyl sites for hydroxylation is 1. The molecule has 5 heteroatoms. The minimum atomic E-state index is 0.0375. The number of aromatic nitrogens is 1. The number of fused-ring (bicyclic) bond motifs is 2. The fourth-order valence-electron chi connectivity index (χ4n) is 4.52. The van der Waals surface area contributed by atoms with Gasteiger partial charge in [-0.05, 0) is 59.7 Å². The predicted molar refractivity (Wildman–Crippen MR) is 135 cm³/mol. The third kappa shape index (κ3) is 4.74. The van der Waals surface area contributed by atoms with Crippen LogP contribution in [0.1, 0.15) is 30.0 Å². The van der Waals surface area contributed by atoms with Crippen molar-refractivity contribution in [3.63, 3.8) is 0 Å². The van der Waals surface area contributed by atoms with Crippen LogP contribution < -0.4 is 10.1 Å². The molecule has 1 N–H and O–H groups in total. The van der Waals surface area contributed by atoms with E-state index >= 15 is 0 Å². The summed E-state index contributed by atoms with van der Waals surface area (Å²) in [7, 11) is 1.66. The standard InChI is InChI=1S/C28H26N2O2S/c1-32-21-14-15-23-24(20-8-3-2-4-9-20)17-28(30-26(23)16-21)33-18-27(31)29-25-13-7-11-19-10-5-6-12-22(19)25/h2-6,8-10,12,14-17,25H,7,11,13,18H2,1H3,(H,29,31). The topological polar surface area (TPSA) is 51.2 Å². The van der Waals surface area contributed by atoms with Gasteiger partial charge in [-0.25, -0.2) is 4.98 Å². The summed E-state index contributed by atoms with van der Waals surface area (Å²) < 4.78 is 5.41. The lowest BCUT2D eigenvalue weighted by molar-refractivity contribution is -0.119. The Balaban J connectivity index is 1.37. The Bertz CT molecular complexity index is 1290. The highest BCUT2D eigenvalue weighted by Gasteiger charge is 2.21. The minimum absolute atomic E-state index is 0.0375. The molecule has 1 atom stereocenters. The molecule has 166 valence electrons. The molecule has 1 unspecified atom stereocenters. The van der Waals surface area contributed by atoms with E-state index in [-0.39, 0.29) is 11.9 Å². The van der Waals surface area contributed by atoms with Gasteiger partial charge < -0.3 is 10.1 Å². The molecule has 0 spiro atoms. The van der Waals surface area contributed by atoms with Crippen LogP contribution in [0.15, 0.2) is 83.9 Å². The molecule has 33 heavy (non-hydrogen) atoms. The van der Waals surface area contributed by atoms with Crippen molar-refractivity contribution in [1.82, 2.24) is 10.3 Å². The minimum Gasteiger partial charge on any atom is -0.497 e. The third-order valence-electron chi connectivity index (χ3n) is 6.13. The molecule has 1 heterocycles. The second-order valence-corrected chi connectivity index (χ2v) is 9.25. The van der Waals surface area contributed by atoms with Crippen LogP contribution in [0.5, 0.6) is 5.75 Å². The zero-order valence-corrected chi connectivity index (χ0v) is 19.4. The summed E-state index contributed by atoms with van der Waals surface area (Å²) >= 11 is 1.47. The van der Waals surface area contributed by atoms with Gasteiger partial charge in [0, 0.05) is 11.5 Å². The lowest BCUT2D eigenvalue weighted by Gasteiger charge is -2.26. The molecular formula is C28H26N2O2S. The summed E-state index contributed by atoms with van der Waals surface area (Å²) in [4.78, 5) is 17.7. The van der Waals surface area contributed by atoms with E-state index in [0.29, 0.717) is 5.75 Å². The Morgan fingerprint density at radius 3 is 2.73 bits per heavy atom. The number of nitrogens with one attached hydrogen (secondary N) is 1. The second kappa shape index (κ2) is 9.67. The predicted octanol–water partition coefficient (Wildman–Crippen LogP) is 6.20. The van der Waals surface area contributed by atoms with Gasteiger partial charge in [0.25, 0.3) is 0 Å². The highest BCUT2D eigenvalue weighted by Crippen LogP contribution is 2.34. The van der Waals surface area contributed by atoms with Gasteiger partial charge in [0.15, 0.2) is 0 Å². The quantitative estimate of drug-likeness (QED) is 0.353. The number of pyridine rings is 1. The van der Waals surface area contributed by atoms with Gasteiger partial charge >= 0.3 is 0 Å². The Morgan fingerprint density at radius 2 is 1.88 bits per heavy atom. The molecule has 1 aliphatic rings. The highest BCUT2D eigenvalue weighted by molar-refractivity contribution is 7.99. The molecule has 0 bridgehead atoms. The van der Waals surface area contributed by atoms with E-state index in [0.717, 1.165) is 52.1 Å². The second-order valence-electron chi connectivity index (χ2n) is 8.26. The number of carbonyl (C=O) groups is 1. The van der Waals surface area contributed by atoms with Crippen molar-refractivity contribution >= 4 is 28.6 Å². The molecule has 3 aromatic carbocycles. The van der Waals surface area contributed by atoms with Crippen LogP contribution in [0.3, 0.4) is 0 Å². The van der Waals surface area contributed by atoms with Gasteiger partial charge in [-0.1, -0.05) is 66.4 Å². The number of rotatable bonds is 6. The number of carbonyl (C=O) groups excluding carboxylic acids is 1. The summed E-state index contributed by atoms with van der Waals surface area (Å²) in [6, 6.07) is 26.8. The summed E-state index contributed by atoms with van der Waals surface area (Å²) in [5.41, 5.74) is 5.69. The van der Waals surface area contributed by atoms with Crippen LogP contribution >= 0.6 is 11.8 Å². The molecule has 0 aliphatic heterocycles. The first-order valence-corrected chi connectivity index (χ1v) is 12.2. The van der Waals surface area contributed by atoms with E-state index in [1.165, 1.54) is 22.9 Å². The van der Waals surface area contributed by atoms with Crippen molar-refractivity contribution in [2.45, 2.75) is 30.3 Å². The van der Waals surface area contributed by atoms with Crippen molar-refractivity contribution in [2.75, 3.05) is 12.9 Å². The van der Waals surface area contributed by atoms with Gasteiger partial charge in [-0.3, -0.25) is 4.79 Å². The molecule has 4 aromatic rings. The average Bonchev–Trinajstić information content (AvgIpc) is 2.87. The number of benzene rings is 3. The molecule has 0 fully saturated rings. The van der Waals surface area contributed by atoms with Crippen molar-refractivity contribution in [3.05, 3.63) is 90.0 Å². The average molecular weight is 455 g/mol. The first-order valence-electron chi connectivity index (χ1n) is 11.3. The van der Waals surface area contributed by atoms with E-state index in [1.807, 2.05) is 36.4 Å². The zero-order chi connectivity index (χ0) is 22.6. The number of hydrogen-bond acceptors (Lipinski definition) is 4. The highest BCUT2D eigenvalue weighted by atomic mass is 32.2. The molecule has 1 aromatic heterocycles. The van der Waals surface area contributed by atoms with E-state index in [4.69, 9.17) is 9.72 Å². The summed E-state index contributed by atoms with van der Waals surface area (Å²) in [5.74, 6) is 1.13. The fourth-order valence-corrected chi connectivity index (χ4v) is 5.25. The number of ether oxygens (including phenoxy) is 1. The molecule has 1 amide bonds. The van der Waals surface area contributed by atoms with E-state index in [1.54, 1.807) is 7.11 Å². The van der Waals surface area contributed by atoms with Gasteiger partial charge in [0.05, 0.1) is 29.4 Å². The monoisotopic (exact) mass is 454 g/mol. The molecule has 1 aliphatic carbocycles. The SMILES string of the molecule is COc1ccc2c(-c3ccccc3)cc(SCC(=O)NC3CCCc4ccccc43)nc2c1. The van der Waals surface area contributed by atoms with Gasteiger partial charge in [0.2, 0.25) is 5.91 Å². The normalized spacial score (nSPS) is 15.1. The molecule has 4 nitrogen and oxygen atoms in total. The van der Waals surface area contributed by atoms with Crippen molar-refractivity contribution in [2.24, 2.45) is 0 Å². The Morgan fingerprint density at radius 1 is 1.06 bits per heavy atom. The van der Waals surface area contributed by atoms with Crippen molar-refractivity contribution in [1.29, 1.82) is 0 Å². The summed E-state index contributed by atoms with van der Waals surface area (Å²) in [6.07, 6.45) is 3.17. The van der Waals surface area contributed by atoms with Crippen molar-refractivity contribution in [3.8, 4) is 16.9 Å². The summed E-state index contributed by atoms with van der Waals surface area (Å²) in [5, 5.41) is 5.13. The summed E-state index contributed by atoms with van der Waals surface area (Å²) in [6.45, 7) is 0. The fraction of sp³-hybridized carbons (Fsp3) is 0.214. The van der Waals surface area contributed by atoms with Gasteiger partial charge in [0.1, 0.15) is 5.75 Å². The Labute approximate surface area is 198 Å². The lowest BCUT2D eigenvalue weighted by atomic mass is 9.88. The largest absolute Gasteiger partial charge is 0.497 e. The Kier molecular flexibility index (Phi) is 6.31. The maximum Gasteiger partial charge on any atom is 0.230 e. The van der Waals surface area contributed by atoms with Crippen LogP contribution in [0.25, 0.3) is 22.0 Å².